The van der Waals surface area contributed by atoms with Gasteiger partial charge in [0.1, 0.15) is 0 Å². The SMILES string of the molecule is Cc1cccc(CC(=O)NC2(CCl)CCOCC2)c1. The minimum Gasteiger partial charge on any atom is -0.381 e. The first-order valence-electron chi connectivity index (χ1n) is 6.64. The summed E-state index contributed by atoms with van der Waals surface area (Å²) in [5.41, 5.74) is 1.92. The van der Waals surface area contributed by atoms with Gasteiger partial charge in [0.05, 0.1) is 12.0 Å². The molecule has 1 aliphatic rings. The van der Waals surface area contributed by atoms with Gasteiger partial charge in [-0.05, 0) is 25.3 Å². The third-order valence-electron chi connectivity index (χ3n) is 3.56. The first-order chi connectivity index (χ1) is 9.13. The van der Waals surface area contributed by atoms with Crippen LogP contribution in [0.4, 0.5) is 0 Å². The highest BCUT2D eigenvalue weighted by molar-refractivity contribution is 6.18. The van der Waals surface area contributed by atoms with Crippen molar-refractivity contribution in [2.24, 2.45) is 0 Å². The Morgan fingerprint density at radius 3 is 2.79 bits per heavy atom. The molecular formula is C15H20ClNO2. The summed E-state index contributed by atoms with van der Waals surface area (Å²) in [6.07, 6.45) is 1.98. The minimum absolute atomic E-state index is 0.0353. The van der Waals surface area contributed by atoms with Gasteiger partial charge < -0.3 is 10.1 Å². The molecule has 1 N–H and O–H groups in total. The highest BCUT2D eigenvalue weighted by atomic mass is 35.5. The van der Waals surface area contributed by atoms with Gasteiger partial charge >= 0.3 is 0 Å². The van der Waals surface area contributed by atoms with Crippen LogP contribution in [0.5, 0.6) is 0 Å². The molecule has 1 aliphatic heterocycles. The van der Waals surface area contributed by atoms with E-state index in [1.165, 1.54) is 5.56 Å². The Morgan fingerprint density at radius 2 is 2.16 bits per heavy atom. The average Bonchev–Trinajstić information content (AvgIpc) is 2.39. The summed E-state index contributed by atoms with van der Waals surface area (Å²) >= 11 is 6.04. The predicted octanol–water partition coefficient (Wildman–Crippen LogP) is 2.44. The first kappa shape index (κ1) is 14.4. The largest absolute Gasteiger partial charge is 0.381 e. The fourth-order valence-electron chi connectivity index (χ4n) is 2.40. The number of aryl methyl sites for hydroxylation is 1. The van der Waals surface area contributed by atoms with Crippen LogP contribution >= 0.6 is 11.6 Å². The van der Waals surface area contributed by atoms with Crippen molar-refractivity contribution in [3.63, 3.8) is 0 Å². The maximum Gasteiger partial charge on any atom is 0.224 e. The second-order valence-corrected chi connectivity index (χ2v) is 5.51. The van der Waals surface area contributed by atoms with E-state index in [2.05, 4.69) is 5.32 Å². The highest BCUT2D eigenvalue weighted by Crippen LogP contribution is 2.22. The zero-order valence-electron chi connectivity index (χ0n) is 11.2. The summed E-state index contributed by atoms with van der Waals surface area (Å²) in [5.74, 6) is 0.476. The number of hydrogen-bond donors (Lipinski definition) is 1. The molecule has 0 aliphatic carbocycles. The summed E-state index contributed by atoms with van der Waals surface area (Å²) in [5, 5.41) is 3.10. The quantitative estimate of drug-likeness (QED) is 0.861. The van der Waals surface area contributed by atoms with Crippen LogP contribution in [0.3, 0.4) is 0 Å². The van der Waals surface area contributed by atoms with E-state index in [4.69, 9.17) is 16.3 Å². The highest BCUT2D eigenvalue weighted by Gasteiger charge is 2.33. The maximum atomic E-state index is 12.1. The molecule has 0 bridgehead atoms. The van der Waals surface area contributed by atoms with E-state index in [0.717, 1.165) is 18.4 Å². The van der Waals surface area contributed by atoms with Crippen molar-refractivity contribution < 1.29 is 9.53 Å². The number of benzene rings is 1. The molecule has 0 spiro atoms. The number of halogens is 1. The lowest BCUT2D eigenvalue weighted by molar-refractivity contribution is -0.123. The Balaban J connectivity index is 1.96. The van der Waals surface area contributed by atoms with Crippen molar-refractivity contribution in [3.8, 4) is 0 Å². The lowest BCUT2D eigenvalue weighted by Gasteiger charge is -2.36. The molecule has 0 aromatic heterocycles. The number of ether oxygens (including phenoxy) is 1. The van der Waals surface area contributed by atoms with Gasteiger partial charge in [0.15, 0.2) is 0 Å². The molecule has 2 rings (SSSR count). The Hall–Kier alpha value is -1.06. The van der Waals surface area contributed by atoms with Crippen molar-refractivity contribution in [3.05, 3.63) is 35.4 Å². The van der Waals surface area contributed by atoms with Crippen LogP contribution in [0.2, 0.25) is 0 Å². The smallest absolute Gasteiger partial charge is 0.224 e. The molecule has 3 nitrogen and oxygen atoms in total. The van der Waals surface area contributed by atoms with E-state index in [1.807, 2.05) is 31.2 Å². The van der Waals surface area contributed by atoms with Crippen molar-refractivity contribution in [1.29, 1.82) is 0 Å². The van der Waals surface area contributed by atoms with Gasteiger partial charge in [-0.2, -0.15) is 0 Å². The Kier molecular flexibility index (Phi) is 4.83. The molecule has 1 aromatic rings. The van der Waals surface area contributed by atoms with Crippen LogP contribution in [-0.2, 0) is 16.0 Å². The molecule has 1 heterocycles. The zero-order valence-corrected chi connectivity index (χ0v) is 12.0. The fraction of sp³-hybridized carbons (Fsp3) is 0.533. The van der Waals surface area contributed by atoms with Crippen LogP contribution in [-0.4, -0.2) is 30.5 Å². The molecule has 0 atom stereocenters. The molecule has 104 valence electrons. The normalized spacial score (nSPS) is 18.0. The summed E-state index contributed by atoms with van der Waals surface area (Å²) in [4.78, 5) is 12.1. The number of amides is 1. The zero-order chi connectivity index (χ0) is 13.7. The average molecular weight is 282 g/mol. The molecule has 4 heteroatoms. The van der Waals surface area contributed by atoms with E-state index >= 15 is 0 Å². The van der Waals surface area contributed by atoms with Gasteiger partial charge in [0.2, 0.25) is 5.91 Å². The summed E-state index contributed by atoms with van der Waals surface area (Å²) < 4.78 is 5.33. The fourth-order valence-corrected chi connectivity index (χ4v) is 2.74. The molecule has 0 unspecified atom stereocenters. The molecule has 0 radical (unpaired) electrons. The van der Waals surface area contributed by atoms with Gasteiger partial charge in [-0.15, -0.1) is 11.6 Å². The minimum atomic E-state index is -0.291. The van der Waals surface area contributed by atoms with Crippen molar-refractivity contribution in [2.45, 2.75) is 31.7 Å². The van der Waals surface area contributed by atoms with Crippen LogP contribution < -0.4 is 5.32 Å². The second kappa shape index (κ2) is 6.40. The van der Waals surface area contributed by atoms with E-state index in [9.17, 15) is 4.79 Å². The predicted molar refractivity (Wildman–Crippen MR) is 76.5 cm³/mol. The van der Waals surface area contributed by atoms with E-state index in [1.54, 1.807) is 0 Å². The number of alkyl halides is 1. The van der Waals surface area contributed by atoms with Crippen molar-refractivity contribution >= 4 is 17.5 Å². The standard InChI is InChI=1S/C15H20ClNO2/c1-12-3-2-4-13(9-12)10-14(18)17-15(11-16)5-7-19-8-6-15/h2-4,9H,5-8,10-11H2,1H3,(H,17,18). The number of hydrogen-bond acceptors (Lipinski definition) is 2. The topological polar surface area (TPSA) is 38.3 Å². The lowest BCUT2D eigenvalue weighted by Crippen LogP contribution is -2.53. The maximum absolute atomic E-state index is 12.1. The molecule has 1 amide bonds. The number of rotatable bonds is 4. The van der Waals surface area contributed by atoms with Gasteiger partial charge in [0.25, 0.3) is 0 Å². The molecule has 0 saturated carbocycles. The number of nitrogens with one attached hydrogen (secondary N) is 1. The third-order valence-corrected chi connectivity index (χ3v) is 4.07. The van der Waals surface area contributed by atoms with E-state index < -0.39 is 0 Å². The van der Waals surface area contributed by atoms with Crippen LogP contribution in [0.1, 0.15) is 24.0 Å². The monoisotopic (exact) mass is 281 g/mol. The van der Waals surface area contributed by atoms with Gasteiger partial charge in [-0.3, -0.25) is 4.79 Å². The van der Waals surface area contributed by atoms with E-state index in [-0.39, 0.29) is 11.4 Å². The lowest BCUT2D eigenvalue weighted by atomic mass is 9.92. The number of carbonyl (C=O) groups excluding carboxylic acids is 1. The van der Waals surface area contributed by atoms with Crippen LogP contribution in [0, 0.1) is 6.92 Å². The Labute approximate surface area is 119 Å². The van der Waals surface area contributed by atoms with E-state index in [0.29, 0.717) is 25.5 Å². The molecule has 1 aromatic carbocycles. The van der Waals surface area contributed by atoms with Gasteiger partial charge in [-0.25, -0.2) is 0 Å². The van der Waals surface area contributed by atoms with Crippen LogP contribution in [0.25, 0.3) is 0 Å². The first-order valence-corrected chi connectivity index (χ1v) is 7.17. The summed E-state index contributed by atoms with van der Waals surface area (Å²) in [6, 6.07) is 8.02. The van der Waals surface area contributed by atoms with Gasteiger partial charge in [-0.1, -0.05) is 29.8 Å². The third kappa shape index (κ3) is 3.95. The van der Waals surface area contributed by atoms with Gasteiger partial charge in [0, 0.05) is 19.1 Å². The molecule has 1 saturated heterocycles. The summed E-state index contributed by atoms with van der Waals surface area (Å²) in [6.45, 7) is 3.36. The Bertz CT molecular complexity index is 442. The number of carbonyl (C=O) groups is 1. The molecule has 1 fully saturated rings. The van der Waals surface area contributed by atoms with Crippen molar-refractivity contribution in [1.82, 2.24) is 5.32 Å². The molecule has 19 heavy (non-hydrogen) atoms. The Morgan fingerprint density at radius 1 is 1.42 bits per heavy atom. The van der Waals surface area contributed by atoms with Crippen molar-refractivity contribution in [2.75, 3.05) is 19.1 Å². The van der Waals surface area contributed by atoms with Crippen LogP contribution in [0.15, 0.2) is 24.3 Å². The molecular weight excluding hydrogens is 262 g/mol. The second-order valence-electron chi connectivity index (χ2n) is 5.24. The summed E-state index contributed by atoms with van der Waals surface area (Å²) in [7, 11) is 0.